The van der Waals surface area contributed by atoms with Crippen molar-refractivity contribution >= 4 is 6.29 Å². The molecule has 0 amide bonds. The standard InChI is InChI=1S/C8H8O2.2C2H4/c1-6-3-2-4-7(5-9)8(6)10;2*1-2/h2-5,10H,1H3;2*1-2H2. The summed E-state index contributed by atoms with van der Waals surface area (Å²) < 4.78 is 0. The maximum Gasteiger partial charge on any atom is 0.153 e. The number of rotatable bonds is 1. The van der Waals surface area contributed by atoms with Gasteiger partial charge in [-0.3, -0.25) is 4.79 Å². The fourth-order valence-electron chi connectivity index (χ4n) is 0.777. The van der Waals surface area contributed by atoms with Crippen LogP contribution in [0.4, 0.5) is 0 Å². The number of phenolic OH excluding ortho intramolecular Hbond substituents is 1. The molecule has 0 unspecified atom stereocenters. The van der Waals surface area contributed by atoms with Crippen LogP contribution < -0.4 is 0 Å². The van der Waals surface area contributed by atoms with Crippen LogP contribution >= 0.6 is 0 Å². The third kappa shape index (κ3) is 4.26. The van der Waals surface area contributed by atoms with Crippen molar-refractivity contribution in [3.8, 4) is 5.75 Å². The molecule has 0 aromatic heterocycles. The normalized spacial score (nSPS) is 7.21. The molecule has 0 bridgehead atoms. The van der Waals surface area contributed by atoms with E-state index in [1.54, 1.807) is 25.1 Å². The summed E-state index contributed by atoms with van der Waals surface area (Å²) in [6.07, 6.45) is 0.641. The molecular weight excluding hydrogens is 176 g/mol. The Morgan fingerprint density at radius 2 is 1.71 bits per heavy atom. The number of carbonyl (C=O) groups excluding carboxylic acids is 1. The van der Waals surface area contributed by atoms with Gasteiger partial charge in [-0.15, -0.1) is 26.3 Å². The molecule has 0 aliphatic carbocycles. The van der Waals surface area contributed by atoms with Crippen LogP contribution in [0.5, 0.6) is 5.75 Å². The predicted molar refractivity (Wildman–Crippen MR) is 60.7 cm³/mol. The lowest BCUT2D eigenvalue weighted by molar-refractivity contribution is 0.112. The van der Waals surface area contributed by atoms with E-state index in [2.05, 4.69) is 26.3 Å². The largest absolute Gasteiger partial charge is 0.507 e. The first-order chi connectivity index (χ1) is 6.75. The van der Waals surface area contributed by atoms with E-state index in [-0.39, 0.29) is 5.75 Å². The van der Waals surface area contributed by atoms with Crippen molar-refractivity contribution in [1.29, 1.82) is 0 Å². The van der Waals surface area contributed by atoms with Crippen molar-refractivity contribution < 1.29 is 9.90 Å². The van der Waals surface area contributed by atoms with Crippen LogP contribution in [0.25, 0.3) is 0 Å². The van der Waals surface area contributed by atoms with Crippen LogP contribution in [-0.2, 0) is 0 Å². The van der Waals surface area contributed by atoms with Gasteiger partial charge in [0.2, 0.25) is 0 Å². The molecule has 0 fully saturated rings. The highest BCUT2D eigenvalue weighted by Gasteiger charge is 1.99. The molecular formula is C12H16O2. The summed E-state index contributed by atoms with van der Waals surface area (Å²) in [6, 6.07) is 5.07. The summed E-state index contributed by atoms with van der Waals surface area (Å²) in [6.45, 7) is 13.8. The molecule has 0 atom stereocenters. The average molecular weight is 192 g/mol. The van der Waals surface area contributed by atoms with Crippen LogP contribution in [0.1, 0.15) is 15.9 Å². The molecule has 0 saturated carbocycles. The highest BCUT2D eigenvalue weighted by atomic mass is 16.3. The monoisotopic (exact) mass is 192 g/mol. The Bertz CT molecular complexity index is 278. The second-order valence-corrected chi connectivity index (χ2v) is 2.13. The van der Waals surface area contributed by atoms with Gasteiger partial charge in [0.05, 0.1) is 5.56 Å². The van der Waals surface area contributed by atoms with Gasteiger partial charge in [0.15, 0.2) is 6.29 Å². The molecule has 2 heteroatoms. The van der Waals surface area contributed by atoms with E-state index in [4.69, 9.17) is 5.11 Å². The van der Waals surface area contributed by atoms with E-state index >= 15 is 0 Å². The number of aryl methyl sites for hydroxylation is 1. The Hall–Kier alpha value is -1.83. The Balaban J connectivity index is 0. The van der Waals surface area contributed by atoms with E-state index in [0.717, 1.165) is 5.56 Å². The molecule has 14 heavy (non-hydrogen) atoms. The van der Waals surface area contributed by atoms with Gasteiger partial charge in [-0.1, -0.05) is 12.1 Å². The first-order valence-corrected chi connectivity index (χ1v) is 3.99. The minimum absolute atomic E-state index is 0.0810. The van der Waals surface area contributed by atoms with Gasteiger partial charge in [-0.2, -0.15) is 0 Å². The van der Waals surface area contributed by atoms with Crippen molar-refractivity contribution in [3.63, 3.8) is 0 Å². The number of para-hydroxylation sites is 1. The molecule has 2 nitrogen and oxygen atoms in total. The second-order valence-electron chi connectivity index (χ2n) is 2.13. The summed E-state index contributed by atoms with van der Waals surface area (Å²) in [5.74, 6) is 0.0810. The summed E-state index contributed by atoms with van der Waals surface area (Å²) >= 11 is 0. The van der Waals surface area contributed by atoms with Gasteiger partial charge in [0.25, 0.3) is 0 Å². The maximum absolute atomic E-state index is 10.2. The van der Waals surface area contributed by atoms with E-state index in [9.17, 15) is 4.79 Å². The summed E-state index contributed by atoms with van der Waals surface area (Å²) in [5.41, 5.74) is 1.07. The molecule has 0 heterocycles. The van der Waals surface area contributed by atoms with Gasteiger partial charge in [-0.05, 0) is 18.6 Å². The summed E-state index contributed by atoms with van der Waals surface area (Å²) in [7, 11) is 0. The van der Waals surface area contributed by atoms with E-state index in [0.29, 0.717) is 11.8 Å². The molecule has 0 aliphatic heterocycles. The number of benzene rings is 1. The molecule has 0 aliphatic rings. The van der Waals surface area contributed by atoms with Crippen LogP contribution in [0, 0.1) is 6.92 Å². The van der Waals surface area contributed by atoms with Crippen LogP contribution in [0.2, 0.25) is 0 Å². The number of hydrogen-bond donors (Lipinski definition) is 1. The Labute approximate surface area is 85.2 Å². The predicted octanol–water partition coefficient (Wildman–Crippen LogP) is 3.12. The van der Waals surface area contributed by atoms with Crippen LogP contribution in [-0.4, -0.2) is 11.4 Å². The maximum atomic E-state index is 10.2. The zero-order valence-electron chi connectivity index (χ0n) is 8.49. The number of carbonyl (C=O) groups is 1. The van der Waals surface area contributed by atoms with E-state index < -0.39 is 0 Å². The molecule has 76 valence electrons. The summed E-state index contributed by atoms with van der Waals surface area (Å²) in [4.78, 5) is 10.2. The highest BCUT2D eigenvalue weighted by Crippen LogP contribution is 2.18. The molecule has 0 spiro atoms. The molecule has 1 N–H and O–H groups in total. The third-order valence-electron chi connectivity index (χ3n) is 1.40. The topological polar surface area (TPSA) is 37.3 Å². The average Bonchev–Trinajstić information content (AvgIpc) is 2.28. The molecule has 0 radical (unpaired) electrons. The Morgan fingerprint density at radius 3 is 2.07 bits per heavy atom. The SMILES string of the molecule is C=C.C=C.Cc1cccc(C=O)c1O. The number of aldehydes is 1. The number of aromatic hydroxyl groups is 1. The van der Waals surface area contributed by atoms with Gasteiger partial charge in [-0.25, -0.2) is 0 Å². The van der Waals surface area contributed by atoms with Crippen LogP contribution in [0.3, 0.4) is 0 Å². The van der Waals surface area contributed by atoms with Crippen molar-refractivity contribution in [1.82, 2.24) is 0 Å². The van der Waals surface area contributed by atoms with Crippen molar-refractivity contribution in [2.45, 2.75) is 6.92 Å². The lowest BCUT2D eigenvalue weighted by atomic mass is 10.1. The van der Waals surface area contributed by atoms with Gasteiger partial charge in [0, 0.05) is 0 Å². The van der Waals surface area contributed by atoms with Crippen molar-refractivity contribution in [2.75, 3.05) is 0 Å². The minimum Gasteiger partial charge on any atom is -0.507 e. The fraction of sp³-hybridized carbons (Fsp3) is 0.0833. The van der Waals surface area contributed by atoms with Gasteiger partial charge < -0.3 is 5.11 Å². The van der Waals surface area contributed by atoms with Crippen molar-refractivity contribution in [3.05, 3.63) is 55.6 Å². The molecule has 1 rings (SSSR count). The molecule has 1 aromatic rings. The Kier molecular flexibility index (Phi) is 9.71. The first kappa shape index (κ1) is 14.7. The lowest BCUT2D eigenvalue weighted by Crippen LogP contribution is -1.82. The number of hydrogen-bond acceptors (Lipinski definition) is 2. The quantitative estimate of drug-likeness (QED) is 0.548. The van der Waals surface area contributed by atoms with Gasteiger partial charge >= 0.3 is 0 Å². The van der Waals surface area contributed by atoms with E-state index in [1.807, 2.05) is 0 Å². The lowest BCUT2D eigenvalue weighted by Gasteiger charge is -1.98. The van der Waals surface area contributed by atoms with Crippen molar-refractivity contribution in [2.24, 2.45) is 0 Å². The fourth-order valence-corrected chi connectivity index (χ4v) is 0.777. The highest BCUT2D eigenvalue weighted by molar-refractivity contribution is 5.79. The Morgan fingerprint density at radius 1 is 1.21 bits per heavy atom. The van der Waals surface area contributed by atoms with Gasteiger partial charge in [0.1, 0.15) is 5.75 Å². The molecule has 0 saturated heterocycles. The third-order valence-corrected chi connectivity index (χ3v) is 1.40. The van der Waals surface area contributed by atoms with E-state index in [1.165, 1.54) is 0 Å². The zero-order valence-corrected chi connectivity index (χ0v) is 8.49. The zero-order chi connectivity index (χ0) is 11.6. The van der Waals surface area contributed by atoms with Crippen LogP contribution in [0.15, 0.2) is 44.5 Å². The molecule has 1 aromatic carbocycles. The second kappa shape index (κ2) is 9.26. The smallest absolute Gasteiger partial charge is 0.153 e. The first-order valence-electron chi connectivity index (χ1n) is 3.99. The minimum atomic E-state index is 0.0810. The number of phenols is 1. The summed E-state index contributed by atoms with van der Waals surface area (Å²) in [5, 5.41) is 9.17.